The van der Waals surface area contributed by atoms with Crippen molar-refractivity contribution < 1.29 is 14.0 Å². The van der Waals surface area contributed by atoms with E-state index in [1.807, 2.05) is 4.90 Å². The summed E-state index contributed by atoms with van der Waals surface area (Å²) in [6, 6.07) is 2.78. The summed E-state index contributed by atoms with van der Waals surface area (Å²) in [4.78, 5) is 32.1. The van der Waals surface area contributed by atoms with Crippen LogP contribution in [0.3, 0.4) is 0 Å². The highest BCUT2D eigenvalue weighted by Crippen LogP contribution is 2.30. The summed E-state index contributed by atoms with van der Waals surface area (Å²) in [7, 11) is 3.61. The van der Waals surface area contributed by atoms with Crippen LogP contribution in [0.1, 0.15) is 33.6 Å². The van der Waals surface area contributed by atoms with Gasteiger partial charge in [0.2, 0.25) is 0 Å². The van der Waals surface area contributed by atoms with Crippen LogP contribution in [-0.4, -0.2) is 86.4 Å². The standard InChI is InChI=1S/C20H27FN4O2/c1-22-5-3-14(4-6-22)13-24-7-9-25(10-8-24)18-12-16-15(11-17(18)21)19(26)23(2)20(16)27/h11-12,14H,3-10,13H2,1-2H3. The van der Waals surface area contributed by atoms with Crippen molar-refractivity contribution in [3.8, 4) is 0 Å². The first-order chi connectivity index (χ1) is 12.9. The Morgan fingerprint density at radius 1 is 0.926 bits per heavy atom. The SMILES string of the molecule is CN1CCC(CN2CCN(c3cc4c(cc3F)C(=O)N(C)C4=O)CC2)CC1. The number of nitrogens with zero attached hydrogens (tertiary/aromatic N) is 4. The van der Waals surface area contributed by atoms with Crippen molar-refractivity contribution in [2.45, 2.75) is 12.8 Å². The summed E-state index contributed by atoms with van der Waals surface area (Å²) >= 11 is 0. The highest BCUT2D eigenvalue weighted by molar-refractivity contribution is 6.21. The molecule has 6 nitrogen and oxygen atoms in total. The number of fused-ring (bicyclic) bond motifs is 1. The molecule has 4 rings (SSSR count). The second-order valence-electron chi connectivity index (χ2n) is 8.05. The van der Waals surface area contributed by atoms with Gasteiger partial charge in [0.1, 0.15) is 5.82 Å². The average molecular weight is 374 g/mol. The lowest BCUT2D eigenvalue weighted by atomic mass is 9.96. The van der Waals surface area contributed by atoms with Crippen LogP contribution in [0.15, 0.2) is 12.1 Å². The number of benzene rings is 1. The molecule has 0 atom stereocenters. The van der Waals surface area contributed by atoms with Gasteiger partial charge in [0.15, 0.2) is 0 Å². The Balaban J connectivity index is 1.40. The number of amides is 2. The molecule has 3 aliphatic heterocycles. The third-order valence-electron chi connectivity index (χ3n) is 6.22. The van der Waals surface area contributed by atoms with Crippen molar-refractivity contribution in [2.75, 3.05) is 64.8 Å². The van der Waals surface area contributed by atoms with E-state index in [1.54, 1.807) is 6.07 Å². The topological polar surface area (TPSA) is 47.1 Å². The monoisotopic (exact) mass is 374 g/mol. The van der Waals surface area contributed by atoms with Gasteiger partial charge < -0.3 is 9.80 Å². The Labute approximate surface area is 159 Å². The van der Waals surface area contributed by atoms with Crippen molar-refractivity contribution in [1.29, 1.82) is 0 Å². The molecule has 3 aliphatic rings. The fraction of sp³-hybridized carbons (Fsp3) is 0.600. The number of halogens is 1. The van der Waals surface area contributed by atoms with Crippen LogP contribution in [0.25, 0.3) is 0 Å². The van der Waals surface area contributed by atoms with Gasteiger partial charge in [0, 0.05) is 39.8 Å². The Bertz CT molecular complexity index is 753. The Hall–Kier alpha value is -1.99. The van der Waals surface area contributed by atoms with Gasteiger partial charge >= 0.3 is 0 Å². The number of carbonyl (C=O) groups is 2. The first-order valence-corrected chi connectivity index (χ1v) is 9.76. The number of hydrogen-bond donors (Lipinski definition) is 0. The minimum Gasteiger partial charge on any atom is -0.367 e. The van der Waals surface area contributed by atoms with Crippen LogP contribution in [0.5, 0.6) is 0 Å². The molecule has 1 aromatic rings. The molecule has 0 aliphatic carbocycles. The number of anilines is 1. The molecule has 3 heterocycles. The lowest BCUT2D eigenvalue weighted by molar-refractivity contribution is 0.0693. The van der Waals surface area contributed by atoms with Crippen molar-refractivity contribution in [3.05, 3.63) is 29.1 Å². The molecule has 7 heteroatoms. The average Bonchev–Trinajstić information content (AvgIpc) is 2.88. The van der Waals surface area contributed by atoms with Crippen molar-refractivity contribution >= 4 is 17.5 Å². The molecule has 27 heavy (non-hydrogen) atoms. The Kier molecular flexibility index (Phi) is 4.90. The fourth-order valence-electron chi connectivity index (χ4n) is 4.39. The number of piperazine rings is 1. The normalized spacial score (nSPS) is 22.6. The fourth-order valence-corrected chi connectivity index (χ4v) is 4.39. The molecule has 0 radical (unpaired) electrons. The van der Waals surface area contributed by atoms with Gasteiger partial charge in [-0.2, -0.15) is 0 Å². The highest BCUT2D eigenvalue weighted by Gasteiger charge is 2.35. The quantitative estimate of drug-likeness (QED) is 0.751. The lowest BCUT2D eigenvalue weighted by Crippen LogP contribution is -2.49. The number of rotatable bonds is 3. The van der Waals surface area contributed by atoms with E-state index in [0.717, 1.165) is 43.5 Å². The summed E-state index contributed by atoms with van der Waals surface area (Å²) in [6.07, 6.45) is 2.50. The first-order valence-electron chi connectivity index (χ1n) is 9.76. The largest absolute Gasteiger partial charge is 0.367 e. The molecule has 0 bridgehead atoms. The van der Waals surface area contributed by atoms with E-state index < -0.39 is 11.7 Å². The predicted octanol–water partition coefficient (Wildman–Crippen LogP) is 1.52. The molecule has 0 unspecified atom stereocenters. The summed E-state index contributed by atoms with van der Waals surface area (Å²) in [6.45, 7) is 6.73. The van der Waals surface area contributed by atoms with E-state index in [1.165, 1.54) is 39.0 Å². The molecule has 2 fully saturated rings. The molecule has 1 aromatic carbocycles. The van der Waals surface area contributed by atoms with Crippen LogP contribution >= 0.6 is 0 Å². The zero-order chi connectivity index (χ0) is 19.1. The maximum absolute atomic E-state index is 14.6. The molecule has 2 saturated heterocycles. The third-order valence-corrected chi connectivity index (χ3v) is 6.22. The van der Waals surface area contributed by atoms with Crippen LogP contribution in [-0.2, 0) is 0 Å². The van der Waals surface area contributed by atoms with E-state index in [0.29, 0.717) is 11.3 Å². The molecule has 0 saturated carbocycles. The van der Waals surface area contributed by atoms with Gasteiger partial charge in [-0.05, 0) is 51.0 Å². The number of hydrogen-bond acceptors (Lipinski definition) is 5. The third kappa shape index (κ3) is 3.46. The van der Waals surface area contributed by atoms with Gasteiger partial charge in [0.25, 0.3) is 11.8 Å². The highest BCUT2D eigenvalue weighted by atomic mass is 19.1. The first kappa shape index (κ1) is 18.4. The number of likely N-dealkylation sites (tertiary alicyclic amines) is 1. The maximum atomic E-state index is 14.6. The van der Waals surface area contributed by atoms with Gasteiger partial charge in [-0.15, -0.1) is 0 Å². The van der Waals surface area contributed by atoms with E-state index in [2.05, 4.69) is 16.8 Å². The minimum atomic E-state index is -0.427. The minimum absolute atomic E-state index is 0.171. The lowest BCUT2D eigenvalue weighted by Gasteiger charge is -2.39. The van der Waals surface area contributed by atoms with Gasteiger partial charge in [-0.25, -0.2) is 4.39 Å². The van der Waals surface area contributed by atoms with Gasteiger partial charge in [-0.3, -0.25) is 19.4 Å². The van der Waals surface area contributed by atoms with Crippen molar-refractivity contribution in [3.63, 3.8) is 0 Å². The summed E-state index contributed by atoms with van der Waals surface area (Å²) < 4.78 is 14.6. The molecule has 0 aromatic heterocycles. The smallest absolute Gasteiger partial charge is 0.261 e. The number of imide groups is 1. The Morgan fingerprint density at radius 3 is 2.15 bits per heavy atom. The van der Waals surface area contributed by atoms with E-state index in [9.17, 15) is 14.0 Å². The Morgan fingerprint density at radius 2 is 1.52 bits per heavy atom. The second kappa shape index (κ2) is 7.20. The molecular weight excluding hydrogens is 347 g/mol. The summed E-state index contributed by atoms with van der Waals surface area (Å²) in [5.74, 6) is -0.446. The zero-order valence-electron chi connectivity index (χ0n) is 16.1. The zero-order valence-corrected chi connectivity index (χ0v) is 16.1. The maximum Gasteiger partial charge on any atom is 0.261 e. The van der Waals surface area contributed by atoms with E-state index in [4.69, 9.17) is 0 Å². The number of carbonyl (C=O) groups excluding carboxylic acids is 2. The summed E-state index contributed by atoms with van der Waals surface area (Å²) in [5.41, 5.74) is 0.918. The van der Waals surface area contributed by atoms with Crippen LogP contribution in [0.4, 0.5) is 10.1 Å². The second-order valence-corrected chi connectivity index (χ2v) is 8.05. The van der Waals surface area contributed by atoms with E-state index >= 15 is 0 Å². The number of piperidine rings is 1. The predicted molar refractivity (Wildman–Crippen MR) is 102 cm³/mol. The molecule has 146 valence electrons. The molecule has 0 N–H and O–H groups in total. The van der Waals surface area contributed by atoms with Crippen molar-refractivity contribution in [2.24, 2.45) is 5.92 Å². The van der Waals surface area contributed by atoms with Gasteiger partial charge in [-0.1, -0.05) is 0 Å². The van der Waals surface area contributed by atoms with Crippen molar-refractivity contribution in [1.82, 2.24) is 14.7 Å². The van der Waals surface area contributed by atoms with E-state index in [-0.39, 0.29) is 11.5 Å². The van der Waals surface area contributed by atoms with Crippen LogP contribution in [0.2, 0.25) is 0 Å². The van der Waals surface area contributed by atoms with Crippen LogP contribution in [0, 0.1) is 11.7 Å². The summed E-state index contributed by atoms with van der Waals surface area (Å²) in [5, 5.41) is 0. The molecule has 0 spiro atoms. The van der Waals surface area contributed by atoms with Gasteiger partial charge in [0.05, 0.1) is 16.8 Å². The molecule has 2 amide bonds. The molecular formula is C20H27FN4O2. The van der Waals surface area contributed by atoms with Crippen LogP contribution < -0.4 is 4.90 Å².